The van der Waals surface area contributed by atoms with Gasteiger partial charge in [-0.2, -0.15) is 0 Å². The van der Waals surface area contributed by atoms with E-state index in [1.54, 1.807) is 6.20 Å². The molecule has 1 aliphatic rings. The van der Waals surface area contributed by atoms with E-state index in [4.69, 9.17) is 9.31 Å². The first-order valence-corrected chi connectivity index (χ1v) is 6.84. The molecule has 0 saturated heterocycles. The molecule has 0 fully saturated rings. The van der Waals surface area contributed by atoms with Crippen molar-refractivity contribution >= 4 is 12.6 Å². The Bertz CT molecular complexity index is 752. The van der Waals surface area contributed by atoms with Gasteiger partial charge in [-0.05, 0) is 24.3 Å². The van der Waals surface area contributed by atoms with Crippen LogP contribution in [-0.4, -0.2) is 12.1 Å². The predicted octanol–water partition coefficient (Wildman–Crippen LogP) is 2.92. The average Bonchev–Trinajstić information content (AvgIpc) is 3.00. The van der Waals surface area contributed by atoms with E-state index in [1.807, 2.05) is 66.7 Å². The molecule has 0 unspecified atom stereocenters. The lowest BCUT2D eigenvalue weighted by Crippen LogP contribution is -2.39. The quantitative estimate of drug-likeness (QED) is 0.673. The highest BCUT2D eigenvalue weighted by atomic mass is 16.6. The van der Waals surface area contributed by atoms with Crippen LogP contribution in [0.1, 0.15) is 0 Å². The number of hydrogen-bond acceptors (Lipinski definition) is 3. The summed E-state index contributed by atoms with van der Waals surface area (Å²) in [6.45, 7) is 0. The van der Waals surface area contributed by atoms with Gasteiger partial charge in [0.2, 0.25) is 0 Å². The Morgan fingerprint density at radius 3 is 2.14 bits per heavy atom. The average molecular weight is 273 g/mol. The van der Waals surface area contributed by atoms with Gasteiger partial charge in [-0.3, -0.25) is 4.98 Å². The molecule has 3 nitrogen and oxygen atoms in total. The summed E-state index contributed by atoms with van der Waals surface area (Å²) in [4.78, 5) is 4.42. The van der Waals surface area contributed by atoms with Crippen molar-refractivity contribution in [1.29, 1.82) is 0 Å². The van der Waals surface area contributed by atoms with E-state index in [9.17, 15) is 0 Å². The van der Waals surface area contributed by atoms with Crippen molar-refractivity contribution < 1.29 is 9.31 Å². The van der Waals surface area contributed by atoms with Crippen molar-refractivity contribution in [1.82, 2.24) is 4.98 Å². The molecule has 4 rings (SSSR count). The molecule has 100 valence electrons. The van der Waals surface area contributed by atoms with Crippen molar-refractivity contribution in [3.63, 3.8) is 0 Å². The van der Waals surface area contributed by atoms with Crippen LogP contribution >= 0.6 is 0 Å². The first-order chi connectivity index (χ1) is 10.4. The van der Waals surface area contributed by atoms with E-state index in [0.29, 0.717) is 0 Å². The molecule has 0 N–H and O–H groups in total. The zero-order valence-corrected chi connectivity index (χ0v) is 11.3. The molecule has 0 spiro atoms. The summed E-state index contributed by atoms with van der Waals surface area (Å²) >= 11 is 0. The maximum absolute atomic E-state index is 5.83. The minimum absolute atomic E-state index is 0.409. The normalized spacial score (nSPS) is 12.5. The van der Waals surface area contributed by atoms with Gasteiger partial charge in [0.15, 0.2) is 0 Å². The van der Waals surface area contributed by atoms with Crippen molar-refractivity contribution in [3.8, 4) is 22.8 Å². The van der Waals surface area contributed by atoms with Gasteiger partial charge in [-0.25, -0.2) is 0 Å². The maximum Gasteiger partial charge on any atom is 0.632 e. The zero-order chi connectivity index (χ0) is 14.1. The van der Waals surface area contributed by atoms with Crippen LogP contribution in [0.5, 0.6) is 11.5 Å². The summed E-state index contributed by atoms with van der Waals surface area (Å²) in [5, 5.41) is 0. The second-order valence-corrected chi connectivity index (χ2v) is 4.85. The van der Waals surface area contributed by atoms with Gasteiger partial charge in [0.1, 0.15) is 11.5 Å². The predicted molar refractivity (Wildman–Crippen MR) is 82.8 cm³/mol. The second kappa shape index (κ2) is 4.98. The molecular formula is C17H12BNO2. The van der Waals surface area contributed by atoms with Crippen molar-refractivity contribution in [3.05, 3.63) is 72.9 Å². The Hall–Kier alpha value is -2.75. The van der Waals surface area contributed by atoms with Crippen molar-refractivity contribution in [2.45, 2.75) is 0 Å². The molecule has 0 bridgehead atoms. The fourth-order valence-electron chi connectivity index (χ4n) is 2.40. The zero-order valence-electron chi connectivity index (χ0n) is 11.3. The molecule has 21 heavy (non-hydrogen) atoms. The summed E-state index contributed by atoms with van der Waals surface area (Å²) < 4.78 is 11.7. The summed E-state index contributed by atoms with van der Waals surface area (Å²) in [5.41, 5.74) is 2.95. The summed E-state index contributed by atoms with van der Waals surface area (Å²) in [6, 6.07) is 21.7. The molecule has 0 aliphatic carbocycles. The highest BCUT2D eigenvalue weighted by molar-refractivity contribution is 6.63. The highest BCUT2D eigenvalue weighted by Gasteiger charge is 2.33. The van der Waals surface area contributed by atoms with E-state index in [0.717, 1.165) is 28.2 Å². The van der Waals surface area contributed by atoms with Crippen LogP contribution in [0.4, 0.5) is 0 Å². The summed E-state index contributed by atoms with van der Waals surface area (Å²) in [5.74, 6) is 1.56. The first kappa shape index (κ1) is 12.0. The van der Waals surface area contributed by atoms with Gasteiger partial charge in [-0.1, -0.05) is 42.5 Å². The number of para-hydroxylation sites is 2. The lowest BCUT2D eigenvalue weighted by Gasteiger charge is -2.07. The Balaban J connectivity index is 1.66. The molecular weight excluding hydrogens is 261 g/mol. The molecule has 2 heterocycles. The molecule has 0 amide bonds. The second-order valence-electron chi connectivity index (χ2n) is 4.85. The Morgan fingerprint density at radius 2 is 1.43 bits per heavy atom. The van der Waals surface area contributed by atoms with Crippen molar-refractivity contribution in [2.24, 2.45) is 0 Å². The Morgan fingerprint density at radius 1 is 0.762 bits per heavy atom. The van der Waals surface area contributed by atoms with Crippen LogP contribution in [-0.2, 0) is 0 Å². The first-order valence-electron chi connectivity index (χ1n) is 6.84. The molecule has 1 aromatic heterocycles. The molecule has 0 atom stereocenters. The van der Waals surface area contributed by atoms with Crippen molar-refractivity contribution in [2.75, 3.05) is 0 Å². The number of hydrogen-bond donors (Lipinski definition) is 0. The van der Waals surface area contributed by atoms with Crippen LogP contribution in [0.3, 0.4) is 0 Å². The minimum atomic E-state index is -0.409. The van der Waals surface area contributed by atoms with Gasteiger partial charge in [0.25, 0.3) is 0 Å². The summed E-state index contributed by atoms with van der Waals surface area (Å²) in [7, 11) is -0.409. The SMILES string of the molecule is c1ccc(-c2cc(B3Oc4ccccc4O3)ccn2)cc1. The standard InChI is InChI=1S/C17H12BNO2/c1-2-6-13(7-3-1)15-12-14(10-11-19-15)18-20-16-8-4-5-9-17(16)21-18/h1-12H. The number of fused-ring (bicyclic) bond motifs is 1. The Kier molecular flexibility index (Phi) is 2.85. The van der Waals surface area contributed by atoms with E-state index in [-0.39, 0.29) is 0 Å². The largest absolute Gasteiger partial charge is 0.632 e. The number of pyridine rings is 1. The van der Waals surface area contributed by atoms with E-state index in [1.165, 1.54) is 0 Å². The third-order valence-electron chi connectivity index (χ3n) is 3.44. The van der Waals surface area contributed by atoms with Gasteiger partial charge >= 0.3 is 7.12 Å². The van der Waals surface area contributed by atoms with E-state index < -0.39 is 7.12 Å². The Labute approximate surface area is 123 Å². The summed E-state index contributed by atoms with van der Waals surface area (Å²) in [6.07, 6.45) is 1.79. The lowest BCUT2D eigenvalue weighted by molar-refractivity contribution is 0.519. The van der Waals surface area contributed by atoms with Gasteiger partial charge in [0, 0.05) is 17.2 Å². The number of aromatic nitrogens is 1. The smallest absolute Gasteiger partial charge is 0.519 e. The van der Waals surface area contributed by atoms with Crippen LogP contribution < -0.4 is 14.8 Å². The molecule has 2 aromatic carbocycles. The van der Waals surface area contributed by atoms with E-state index in [2.05, 4.69) is 4.98 Å². The van der Waals surface area contributed by atoms with Crippen LogP contribution in [0, 0.1) is 0 Å². The monoisotopic (exact) mass is 273 g/mol. The number of rotatable bonds is 2. The highest BCUT2D eigenvalue weighted by Crippen LogP contribution is 2.32. The molecule has 1 aliphatic heterocycles. The van der Waals surface area contributed by atoms with Crippen LogP contribution in [0.25, 0.3) is 11.3 Å². The third kappa shape index (κ3) is 2.25. The van der Waals surface area contributed by atoms with Crippen LogP contribution in [0.2, 0.25) is 0 Å². The minimum Gasteiger partial charge on any atom is -0.519 e. The van der Waals surface area contributed by atoms with Gasteiger partial charge < -0.3 is 9.31 Å². The number of benzene rings is 2. The van der Waals surface area contributed by atoms with E-state index >= 15 is 0 Å². The van der Waals surface area contributed by atoms with Gasteiger partial charge in [-0.15, -0.1) is 0 Å². The number of nitrogens with zero attached hydrogens (tertiary/aromatic N) is 1. The maximum atomic E-state index is 5.83. The third-order valence-corrected chi connectivity index (χ3v) is 3.44. The molecule has 3 aromatic rings. The fraction of sp³-hybridized carbons (Fsp3) is 0. The topological polar surface area (TPSA) is 31.4 Å². The lowest BCUT2D eigenvalue weighted by atomic mass is 9.79. The molecule has 0 radical (unpaired) electrons. The van der Waals surface area contributed by atoms with Crippen LogP contribution in [0.15, 0.2) is 72.9 Å². The fourth-order valence-corrected chi connectivity index (χ4v) is 2.40. The molecule has 4 heteroatoms. The molecule has 0 saturated carbocycles. The van der Waals surface area contributed by atoms with Gasteiger partial charge in [0.05, 0.1) is 5.69 Å².